The first-order valence-electron chi connectivity index (χ1n) is 5.83. The van der Waals surface area contributed by atoms with E-state index in [4.69, 9.17) is 17.3 Å². The molecule has 1 saturated carbocycles. The summed E-state index contributed by atoms with van der Waals surface area (Å²) in [4.78, 5) is 0. The fourth-order valence-electron chi connectivity index (χ4n) is 2.40. The zero-order chi connectivity index (χ0) is 11.5. The van der Waals surface area contributed by atoms with E-state index in [9.17, 15) is 5.11 Å². The molecule has 0 saturated heterocycles. The summed E-state index contributed by atoms with van der Waals surface area (Å²) in [5.41, 5.74) is 7.06. The Hall–Kier alpha value is -0.570. The number of benzene rings is 1. The van der Waals surface area contributed by atoms with Gasteiger partial charge >= 0.3 is 0 Å². The van der Waals surface area contributed by atoms with Crippen LogP contribution in [0.5, 0.6) is 0 Å². The van der Waals surface area contributed by atoms with E-state index in [1.807, 2.05) is 24.3 Å². The summed E-state index contributed by atoms with van der Waals surface area (Å²) in [6, 6.07) is 8.04. The summed E-state index contributed by atoms with van der Waals surface area (Å²) < 4.78 is 0. The van der Waals surface area contributed by atoms with Gasteiger partial charge in [0.25, 0.3) is 0 Å². The largest absolute Gasteiger partial charge is 0.393 e. The van der Waals surface area contributed by atoms with Gasteiger partial charge in [0, 0.05) is 11.1 Å². The lowest BCUT2D eigenvalue weighted by Gasteiger charge is -2.31. The van der Waals surface area contributed by atoms with E-state index in [2.05, 4.69) is 0 Å². The van der Waals surface area contributed by atoms with E-state index in [0.717, 1.165) is 30.7 Å². The molecule has 1 fully saturated rings. The smallest absolute Gasteiger partial charge is 0.0586 e. The van der Waals surface area contributed by atoms with Gasteiger partial charge in [0.15, 0.2) is 0 Å². The molecule has 3 atom stereocenters. The highest BCUT2D eigenvalue weighted by Gasteiger charge is 2.27. The Labute approximate surface area is 101 Å². The lowest BCUT2D eigenvalue weighted by molar-refractivity contribution is 0.0618. The molecule has 16 heavy (non-hydrogen) atoms. The van der Waals surface area contributed by atoms with E-state index < -0.39 is 0 Å². The minimum atomic E-state index is -0.251. The number of hydrogen-bond donors (Lipinski definition) is 2. The van der Waals surface area contributed by atoms with Crippen LogP contribution >= 0.6 is 11.6 Å². The summed E-state index contributed by atoms with van der Waals surface area (Å²) in [6.45, 7) is 0. The highest BCUT2D eigenvalue weighted by molar-refractivity contribution is 6.30. The molecule has 1 aromatic carbocycles. The van der Waals surface area contributed by atoms with Gasteiger partial charge in [-0.3, -0.25) is 0 Å². The maximum Gasteiger partial charge on any atom is 0.0586 e. The first-order valence-corrected chi connectivity index (χ1v) is 6.21. The number of nitrogens with two attached hydrogens (primary N) is 1. The van der Waals surface area contributed by atoms with Gasteiger partial charge in [-0.1, -0.05) is 23.7 Å². The summed E-state index contributed by atoms with van der Waals surface area (Å²) in [5.74, 6) is 0.348. The van der Waals surface area contributed by atoms with Gasteiger partial charge in [-0.2, -0.15) is 0 Å². The molecule has 1 aliphatic carbocycles. The predicted molar refractivity (Wildman–Crippen MR) is 66.5 cm³/mol. The Bertz CT molecular complexity index is 338. The van der Waals surface area contributed by atoms with Gasteiger partial charge in [-0.25, -0.2) is 0 Å². The summed E-state index contributed by atoms with van der Waals surface area (Å²) in [7, 11) is 0. The van der Waals surface area contributed by atoms with Crippen LogP contribution in [0.4, 0.5) is 0 Å². The predicted octanol–water partition coefficient (Wildman–Crippen LogP) is 2.37. The number of hydrogen-bond acceptors (Lipinski definition) is 2. The second-order valence-electron chi connectivity index (χ2n) is 4.73. The third kappa shape index (κ3) is 2.97. The molecule has 88 valence electrons. The van der Waals surface area contributed by atoms with Crippen molar-refractivity contribution in [1.82, 2.24) is 0 Å². The number of halogens is 1. The third-order valence-electron chi connectivity index (χ3n) is 3.41. The van der Waals surface area contributed by atoms with Crippen LogP contribution in [0.15, 0.2) is 24.3 Å². The van der Waals surface area contributed by atoms with E-state index in [1.54, 1.807) is 0 Å². The summed E-state index contributed by atoms with van der Waals surface area (Å²) >= 11 is 5.84. The SMILES string of the molecule is NC1CCC(Cc2ccc(Cl)cc2)C(O)C1. The van der Waals surface area contributed by atoms with Crippen LogP contribution in [0.2, 0.25) is 5.02 Å². The molecular weight excluding hydrogens is 222 g/mol. The van der Waals surface area contributed by atoms with Crippen molar-refractivity contribution in [2.75, 3.05) is 0 Å². The molecule has 0 spiro atoms. The van der Waals surface area contributed by atoms with Crippen molar-refractivity contribution in [3.63, 3.8) is 0 Å². The molecule has 0 amide bonds. The summed E-state index contributed by atoms with van der Waals surface area (Å²) in [5, 5.41) is 10.7. The van der Waals surface area contributed by atoms with Gasteiger partial charge in [-0.15, -0.1) is 0 Å². The molecule has 0 radical (unpaired) electrons. The van der Waals surface area contributed by atoms with E-state index in [1.165, 1.54) is 5.56 Å². The van der Waals surface area contributed by atoms with E-state index >= 15 is 0 Å². The van der Waals surface area contributed by atoms with Crippen LogP contribution in [0.3, 0.4) is 0 Å². The normalized spacial score (nSPS) is 30.3. The van der Waals surface area contributed by atoms with Crippen LogP contribution in [0.1, 0.15) is 24.8 Å². The fraction of sp³-hybridized carbons (Fsp3) is 0.538. The van der Waals surface area contributed by atoms with E-state index in [-0.39, 0.29) is 12.1 Å². The van der Waals surface area contributed by atoms with Crippen LogP contribution in [0, 0.1) is 5.92 Å². The Balaban J connectivity index is 1.96. The number of aliphatic hydroxyl groups is 1. The first kappa shape index (κ1) is 11.9. The van der Waals surface area contributed by atoms with Crippen LogP contribution in [-0.2, 0) is 6.42 Å². The third-order valence-corrected chi connectivity index (χ3v) is 3.66. The van der Waals surface area contributed by atoms with Gasteiger partial charge in [0.05, 0.1) is 6.10 Å². The quantitative estimate of drug-likeness (QED) is 0.833. The molecule has 2 rings (SSSR count). The van der Waals surface area contributed by atoms with Crippen LogP contribution in [0.25, 0.3) is 0 Å². The van der Waals surface area contributed by atoms with Gasteiger partial charge < -0.3 is 10.8 Å². The van der Waals surface area contributed by atoms with Crippen molar-refractivity contribution in [3.05, 3.63) is 34.9 Å². The minimum Gasteiger partial charge on any atom is -0.393 e. The van der Waals surface area contributed by atoms with Crippen LogP contribution in [-0.4, -0.2) is 17.3 Å². The second-order valence-corrected chi connectivity index (χ2v) is 5.17. The molecule has 3 N–H and O–H groups in total. The van der Waals surface area contributed by atoms with Crippen molar-refractivity contribution in [1.29, 1.82) is 0 Å². The number of rotatable bonds is 2. The monoisotopic (exact) mass is 239 g/mol. The van der Waals surface area contributed by atoms with Gasteiger partial charge in [-0.05, 0) is 49.3 Å². The highest BCUT2D eigenvalue weighted by Crippen LogP contribution is 2.27. The van der Waals surface area contributed by atoms with E-state index in [0.29, 0.717) is 5.92 Å². The first-order chi connectivity index (χ1) is 7.65. The Kier molecular flexibility index (Phi) is 3.85. The second kappa shape index (κ2) is 5.17. The minimum absolute atomic E-state index is 0.177. The zero-order valence-corrected chi connectivity index (χ0v) is 10.0. The molecule has 3 unspecified atom stereocenters. The lowest BCUT2D eigenvalue weighted by Crippen LogP contribution is -2.37. The Morgan fingerprint density at radius 3 is 2.56 bits per heavy atom. The average molecular weight is 240 g/mol. The Morgan fingerprint density at radius 2 is 1.94 bits per heavy atom. The van der Waals surface area contributed by atoms with Crippen LogP contribution < -0.4 is 5.73 Å². The summed E-state index contributed by atoms with van der Waals surface area (Å²) in [6.07, 6.45) is 3.45. The molecule has 3 heteroatoms. The van der Waals surface area contributed by atoms with Crippen molar-refractivity contribution in [3.8, 4) is 0 Å². The van der Waals surface area contributed by atoms with Crippen molar-refractivity contribution in [2.24, 2.45) is 11.7 Å². The van der Waals surface area contributed by atoms with Gasteiger partial charge in [0.2, 0.25) is 0 Å². The standard InChI is InChI=1S/C13H18ClNO/c14-11-4-1-9(2-5-11)7-10-3-6-12(15)8-13(10)16/h1-2,4-5,10,12-13,16H,3,6-8,15H2. The zero-order valence-electron chi connectivity index (χ0n) is 9.27. The maximum atomic E-state index is 9.95. The highest BCUT2D eigenvalue weighted by atomic mass is 35.5. The fourth-order valence-corrected chi connectivity index (χ4v) is 2.53. The molecule has 1 aromatic rings. The maximum absolute atomic E-state index is 9.95. The molecule has 2 nitrogen and oxygen atoms in total. The topological polar surface area (TPSA) is 46.2 Å². The molecule has 0 aromatic heterocycles. The van der Waals surface area contributed by atoms with Crippen molar-refractivity contribution >= 4 is 11.6 Å². The Morgan fingerprint density at radius 1 is 1.25 bits per heavy atom. The number of aliphatic hydroxyl groups excluding tert-OH is 1. The molecule has 0 aliphatic heterocycles. The lowest BCUT2D eigenvalue weighted by atomic mass is 9.80. The average Bonchev–Trinajstić information content (AvgIpc) is 2.25. The van der Waals surface area contributed by atoms with Gasteiger partial charge in [0.1, 0.15) is 0 Å². The van der Waals surface area contributed by atoms with Crippen molar-refractivity contribution in [2.45, 2.75) is 37.8 Å². The molecule has 1 aliphatic rings. The molecule has 0 bridgehead atoms. The molecule has 0 heterocycles. The van der Waals surface area contributed by atoms with Crippen molar-refractivity contribution < 1.29 is 5.11 Å². The molecular formula is C13H18ClNO.